The first-order chi connectivity index (χ1) is 15.9. The third-order valence-corrected chi connectivity index (χ3v) is 6.00. The van der Waals surface area contributed by atoms with E-state index in [2.05, 4.69) is 15.5 Å². The number of ether oxygens (including phenoxy) is 1. The second-order valence-corrected chi connectivity index (χ2v) is 8.60. The number of nitro groups is 1. The highest BCUT2D eigenvalue weighted by atomic mass is 35.5. The molecule has 0 fully saturated rings. The van der Waals surface area contributed by atoms with Gasteiger partial charge in [0.15, 0.2) is 5.16 Å². The van der Waals surface area contributed by atoms with Crippen molar-refractivity contribution >= 4 is 52.2 Å². The maximum absolute atomic E-state index is 12.2. The van der Waals surface area contributed by atoms with Crippen molar-refractivity contribution < 1.29 is 14.5 Å². The molecule has 1 heterocycles. The molecule has 3 rings (SSSR count). The molecule has 0 aliphatic carbocycles. The van der Waals surface area contributed by atoms with Crippen LogP contribution in [-0.4, -0.2) is 38.0 Å². The van der Waals surface area contributed by atoms with Gasteiger partial charge in [-0.25, -0.2) is 0 Å². The zero-order chi connectivity index (χ0) is 23.8. The molecule has 0 bridgehead atoms. The minimum atomic E-state index is -0.491. The van der Waals surface area contributed by atoms with E-state index in [1.165, 1.54) is 36.0 Å². The smallest absolute Gasteiger partial charge is 0.269 e. The van der Waals surface area contributed by atoms with Crippen molar-refractivity contribution in [3.8, 4) is 5.75 Å². The summed E-state index contributed by atoms with van der Waals surface area (Å²) in [6, 6.07) is 10.8. The number of aryl methyl sites for hydroxylation is 1. The Morgan fingerprint density at radius 2 is 1.97 bits per heavy atom. The number of anilines is 1. The van der Waals surface area contributed by atoms with Crippen LogP contribution in [0.4, 0.5) is 11.4 Å². The zero-order valence-electron chi connectivity index (χ0n) is 17.7. The van der Waals surface area contributed by atoms with E-state index >= 15 is 0 Å². The first-order valence-electron chi connectivity index (χ1n) is 10.0. The highest BCUT2D eigenvalue weighted by Crippen LogP contribution is 2.27. The lowest BCUT2D eigenvalue weighted by Gasteiger charge is -2.09. The number of hydrogen-bond donors (Lipinski definition) is 1. The fourth-order valence-corrected chi connectivity index (χ4v) is 4.21. The molecule has 0 aliphatic rings. The first-order valence-corrected chi connectivity index (χ1v) is 11.8. The van der Waals surface area contributed by atoms with Crippen molar-refractivity contribution in [2.45, 2.75) is 31.5 Å². The maximum Gasteiger partial charge on any atom is 0.269 e. The number of nitrogens with zero attached hydrogens (tertiary/aromatic N) is 4. The highest BCUT2D eigenvalue weighted by Gasteiger charge is 2.14. The number of carbonyl (C=O) groups is 1. The van der Waals surface area contributed by atoms with Crippen LogP contribution < -0.4 is 10.1 Å². The molecule has 1 aromatic heterocycles. The van der Waals surface area contributed by atoms with E-state index in [9.17, 15) is 14.9 Å². The van der Waals surface area contributed by atoms with Crippen LogP contribution in [0.15, 0.2) is 47.6 Å². The highest BCUT2D eigenvalue weighted by molar-refractivity contribution is 7.99. The molecule has 2 aromatic carbocycles. The lowest BCUT2D eigenvalue weighted by Crippen LogP contribution is -2.14. The molecule has 0 saturated heterocycles. The Balaban J connectivity index is 1.48. The van der Waals surface area contributed by atoms with E-state index in [1.54, 1.807) is 18.2 Å². The largest absolute Gasteiger partial charge is 0.492 e. The van der Waals surface area contributed by atoms with Gasteiger partial charge >= 0.3 is 0 Å². The Morgan fingerprint density at radius 1 is 1.21 bits per heavy atom. The topological polar surface area (TPSA) is 112 Å². The maximum atomic E-state index is 12.2. The van der Waals surface area contributed by atoms with Crippen molar-refractivity contribution in [1.82, 2.24) is 14.8 Å². The fourth-order valence-electron chi connectivity index (χ4n) is 2.93. The molecular weight excluding hydrogens is 489 g/mol. The number of aromatic nitrogens is 3. The SMILES string of the molecule is CCn1c(CCCOc2ccc(Cl)cc2Cl)nnc1SCC(=O)Nc1ccc([N+](=O)[O-])cc1. The number of rotatable bonds is 11. The van der Waals surface area contributed by atoms with Crippen LogP contribution in [0.2, 0.25) is 10.0 Å². The molecule has 1 amide bonds. The van der Waals surface area contributed by atoms with Crippen LogP contribution in [0.3, 0.4) is 0 Å². The normalized spacial score (nSPS) is 10.8. The number of benzene rings is 2. The number of thioether (sulfide) groups is 1. The van der Waals surface area contributed by atoms with Crippen LogP contribution in [0, 0.1) is 10.1 Å². The van der Waals surface area contributed by atoms with Gasteiger partial charge in [-0.1, -0.05) is 35.0 Å². The van der Waals surface area contributed by atoms with Gasteiger partial charge in [0.25, 0.3) is 5.69 Å². The summed E-state index contributed by atoms with van der Waals surface area (Å²) < 4.78 is 7.66. The van der Waals surface area contributed by atoms with Gasteiger partial charge in [-0.3, -0.25) is 14.9 Å². The quantitative estimate of drug-likeness (QED) is 0.162. The van der Waals surface area contributed by atoms with Gasteiger partial charge < -0.3 is 14.6 Å². The van der Waals surface area contributed by atoms with Crippen LogP contribution in [0.1, 0.15) is 19.2 Å². The van der Waals surface area contributed by atoms with Crippen LogP contribution in [0.25, 0.3) is 0 Å². The number of nitro benzene ring substituents is 1. The Kier molecular flexibility index (Phi) is 8.93. The number of nitrogens with one attached hydrogen (secondary N) is 1. The van der Waals surface area contributed by atoms with Gasteiger partial charge in [-0.2, -0.15) is 0 Å². The number of amides is 1. The Labute approximate surface area is 204 Å². The molecule has 33 heavy (non-hydrogen) atoms. The van der Waals surface area contributed by atoms with E-state index < -0.39 is 4.92 Å². The summed E-state index contributed by atoms with van der Waals surface area (Å²) >= 11 is 13.3. The molecule has 0 aliphatic heterocycles. The number of hydrogen-bond acceptors (Lipinski definition) is 7. The summed E-state index contributed by atoms with van der Waals surface area (Å²) in [5.41, 5.74) is 0.456. The predicted octanol–water partition coefficient (Wildman–Crippen LogP) is 5.26. The number of carbonyl (C=O) groups excluding carboxylic acids is 1. The van der Waals surface area contributed by atoms with Crippen LogP contribution >= 0.6 is 35.0 Å². The van der Waals surface area contributed by atoms with Crippen molar-refractivity contribution in [3.63, 3.8) is 0 Å². The van der Waals surface area contributed by atoms with E-state index in [0.717, 1.165) is 5.82 Å². The molecular formula is C21H21Cl2N5O4S. The average molecular weight is 510 g/mol. The summed E-state index contributed by atoms with van der Waals surface area (Å²) in [6.07, 6.45) is 1.37. The molecule has 3 aromatic rings. The second kappa shape index (κ2) is 11.9. The molecule has 12 heteroatoms. The average Bonchev–Trinajstić information content (AvgIpc) is 3.18. The number of non-ortho nitro benzene ring substituents is 1. The van der Waals surface area contributed by atoms with Crippen molar-refractivity contribution in [2.75, 3.05) is 17.7 Å². The van der Waals surface area contributed by atoms with E-state index in [-0.39, 0.29) is 17.3 Å². The summed E-state index contributed by atoms with van der Waals surface area (Å²) in [5.74, 6) is 1.28. The first kappa shape index (κ1) is 24.8. The van der Waals surface area contributed by atoms with Gasteiger partial charge in [0, 0.05) is 35.8 Å². The van der Waals surface area contributed by atoms with Crippen molar-refractivity contribution in [1.29, 1.82) is 0 Å². The minimum Gasteiger partial charge on any atom is -0.492 e. The van der Waals surface area contributed by atoms with Gasteiger partial charge in [-0.05, 0) is 43.7 Å². The van der Waals surface area contributed by atoms with Gasteiger partial charge in [0.05, 0.1) is 22.3 Å². The lowest BCUT2D eigenvalue weighted by atomic mass is 10.3. The molecule has 0 spiro atoms. The Bertz CT molecular complexity index is 1120. The minimum absolute atomic E-state index is 0.0346. The molecule has 0 saturated carbocycles. The van der Waals surface area contributed by atoms with Gasteiger partial charge in [-0.15, -0.1) is 10.2 Å². The van der Waals surface area contributed by atoms with Crippen LogP contribution in [0.5, 0.6) is 5.75 Å². The molecule has 0 unspecified atom stereocenters. The van der Waals surface area contributed by atoms with E-state index in [4.69, 9.17) is 27.9 Å². The molecule has 0 radical (unpaired) electrons. The lowest BCUT2D eigenvalue weighted by molar-refractivity contribution is -0.384. The van der Waals surface area contributed by atoms with E-state index in [0.29, 0.717) is 52.6 Å². The molecule has 9 nitrogen and oxygen atoms in total. The zero-order valence-corrected chi connectivity index (χ0v) is 20.0. The van der Waals surface area contributed by atoms with Gasteiger partial charge in [0.1, 0.15) is 11.6 Å². The monoisotopic (exact) mass is 509 g/mol. The van der Waals surface area contributed by atoms with E-state index in [1.807, 2.05) is 11.5 Å². The predicted molar refractivity (Wildman–Crippen MR) is 128 cm³/mol. The molecule has 174 valence electrons. The fraction of sp³-hybridized carbons (Fsp3) is 0.286. The second-order valence-electron chi connectivity index (χ2n) is 6.81. The number of halogens is 2. The standard InChI is InChI=1S/C21H21Cl2N5O4S/c1-2-27-19(4-3-11-32-18-10-5-14(22)12-17(18)23)25-26-21(27)33-13-20(29)24-15-6-8-16(9-7-15)28(30)31/h5-10,12H,2-4,11,13H2,1H3,(H,24,29). The van der Waals surface area contributed by atoms with Gasteiger partial charge in [0.2, 0.25) is 5.91 Å². The Morgan fingerprint density at radius 3 is 2.64 bits per heavy atom. The third kappa shape index (κ3) is 7.08. The van der Waals surface area contributed by atoms with Crippen molar-refractivity contribution in [2.24, 2.45) is 0 Å². The molecule has 1 N–H and O–H groups in total. The Hall–Kier alpha value is -2.82. The molecule has 0 atom stereocenters. The summed E-state index contributed by atoms with van der Waals surface area (Å²) in [6.45, 7) is 3.11. The third-order valence-electron chi connectivity index (χ3n) is 4.50. The summed E-state index contributed by atoms with van der Waals surface area (Å²) in [4.78, 5) is 22.5. The summed E-state index contributed by atoms with van der Waals surface area (Å²) in [7, 11) is 0. The summed E-state index contributed by atoms with van der Waals surface area (Å²) in [5, 5.41) is 23.5. The van der Waals surface area contributed by atoms with Crippen molar-refractivity contribution in [3.05, 3.63) is 68.4 Å². The van der Waals surface area contributed by atoms with Crippen LogP contribution in [-0.2, 0) is 17.8 Å².